The fraction of sp³-hybridized carbons (Fsp3) is 0.609. The van der Waals surface area contributed by atoms with Gasteiger partial charge in [0.15, 0.2) is 20.2 Å². The molecule has 0 bridgehead atoms. The molecule has 1 saturated heterocycles. The molecule has 1 aliphatic heterocycles. The first-order chi connectivity index (χ1) is 16.1. The lowest BCUT2D eigenvalue weighted by Gasteiger charge is -2.39. The molecule has 0 aromatic heterocycles. The van der Waals surface area contributed by atoms with Crippen molar-refractivity contribution < 1.29 is 43.7 Å². The van der Waals surface area contributed by atoms with Crippen LogP contribution in [0.1, 0.15) is 38.9 Å². The van der Waals surface area contributed by atoms with Crippen molar-refractivity contribution in [3.05, 3.63) is 33.9 Å². The molecule has 1 unspecified atom stereocenters. The van der Waals surface area contributed by atoms with E-state index in [0.29, 0.717) is 5.56 Å². The number of carbonyl (C=O) groups excluding carboxylic acids is 1. The summed E-state index contributed by atoms with van der Waals surface area (Å²) in [6, 6.07) is 4.12. The predicted octanol–water partition coefficient (Wildman–Crippen LogP) is 2.04. The minimum Gasteiger partial charge on any atom is -0.467 e. The van der Waals surface area contributed by atoms with Crippen molar-refractivity contribution in [2.24, 2.45) is 0 Å². The van der Waals surface area contributed by atoms with Crippen LogP contribution in [0.4, 0.5) is 5.69 Å². The van der Waals surface area contributed by atoms with E-state index in [2.05, 4.69) is 31.4 Å². The Labute approximate surface area is 205 Å². The Morgan fingerprint density at radius 2 is 1.89 bits per heavy atom. The van der Waals surface area contributed by atoms with Crippen molar-refractivity contribution in [1.82, 2.24) is 0 Å². The molecule has 1 aliphatic rings. The molecule has 2 rings (SSSR count). The summed E-state index contributed by atoms with van der Waals surface area (Å²) in [7, 11) is -1.22. The number of hydrogen-bond donors (Lipinski definition) is 3. The third-order valence-corrected chi connectivity index (χ3v) is 10.8. The number of nitro groups is 1. The van der Waals surface area contributed by atoms with Gasteiger partial charge < -0.3 is 34.0 Å². The normalized spacial score (nSPS) is 25.9. The molecule has 0 radical (unpaired) electrons. The summed E-state index contributed by atoms with van der Waals surface area (Å²) in [4.78, 5) is 23.0. The third-order valence-electron chi connectivity index (χ3n) is 6.34. The summed E-state index contributed by atoms with van der Waals surface area (Å²) in [5.74, 6) is 1.25. The van der Waals surface area contributed by atoms with Gasteiger partial charge >= 0.3 is 11.7 Å². The first-order valence-corrected chi connectivity index (χ1v) is 13.9. The summed E-state index contributed by atoms with van der Waals surface area (Å²) < 4.78 is 21.7. The molecule has 194 valence electrons. The van der Waals surface area contributed by atoms with Gasteiger partial charge in [0.2, 0.25) is 6.29 Å². The summed E-state index contributed by atoms with van der Waals surface area (Å²) in [6.07, 6.45) is -3.65. The number of aliphatic hydroxyl groups is 3. The van der Waals surface area contributed by atoms with Gasteiger partial charge in [-0.2, -0.15) is 0 Å². The maximum Gasteiger partial charge on any atom is 0.337 e. The molecule has 3 N–H and O–H groups in total. The number of esters is 1. The van der Waals surface area contributed by atoms with Gasteiger partial charge in [-0.25, -0.2) is 4.79 Å². The molecule has 0 amide bonds. The van der Waals surface area contributed by atoms with Gasteiger partial charge in [-0.3, -0.25) is 10.1 Å². The number of rotatable bonds is 8. The lowest BCUT2D eigenvalue weighted by atomic mass is 9.99. The van der Waals surface area contributed by atoms with E-state index in [1.54, 1.807) is 6.07 Å². The van der Waals surface area contributed by atoms with E-state index < -0.39 is 61.7 Å². The first-order valence-electron chi connectivity index (χ1n) is 11.0. The molecule has 1 fully saturated rings. The van der Waals surface area contributed by atoms with E-state index >= 15 is 0 Å². The van der Waals surface area contributed by atoms with Crippen molar-refractivity contribution in [2.45, 2.75) is 82.1 Å². The number of nitro benzene ring substituents is 1. The van der Waals surface area contributed by atoms with Crippen LogP contribution in [0.15, 0.2) is 18.2 Å². The lowest BCUT2D eigenvalue weighted by molar-refractivity contribution is -0.387. The molecule has 0 saturated carbocycles. The van der Waals surface area contributed by atoms with Crippen LogP contribution in [0.5, 0.6) is 5.75 Å². The Bertz CT molecular complexity index is 970. The standard InChI is InChI=1S/C23H33NO10Si/c1-8-9-15(34-35(6,7)23(2,3)4)13-10-11-16(14(12-13)24(29)30)32-22-19(27)17(25)18(26)20(33-22)21(28)31-5/h1,10-12,15,17-20,22,25-27H,9H2,2-7H3/t15?,17-,18-,19+,20-,22+/m0/s1. The zero-order valence-electron chi connectivity index (χ0n) is 20.6. The van der Waals surface area contributed by atoms with Gasteiger partial charge in [-0.15, -0.1) is 12.3 Å². The average Bonchev–Trinajstić information content (AvgIpc) is 2.77. The van der Waals surface area contributed by atoms with E-state index in [-0.39, 0.29) is 17.2 Å². The van der Waals surface area contributed by atoms with Crippen LogP contribution in [0.25, 0.3) is 0 Å². The highest BCUT2D eigenvalue weighted by molar-refractivity contribution is 6.74. The minimum atomic E-state index is -2.27. The van der Waals surface area contributed by atoms with Gasteiger partial charge in [-0.05, 0) is 29.8 Å². The Balaban J connectivity index is 2.39. The van der Waals surface area contributed by atoms with E-state index in [4.69, 9.17) is 20.3 Å². The molecule has 6 atom stereocenters. The van der Waals surface area contributed by atoms with Crippen molar-refractivity contribution in [3.8, 4) is 18.1 Å². The number of benzene rings is 1. The molecule has 0 aliphatic carbocycles. The largest absolute Gasteiger partial charge is 0.467 e. The van der Waals surface area contributed by atoms with Crippen molar-refractivity contribution in [1.29, 1.82) is 0 Å². The summed E-state index contributed by atoms with van der Waals surface area (Å²) >= 11 is 0. The van der Waals surface area contributed by atoms with Crippen molar-refractivity contribution >= 4 is 20.0 Å². The average molecular weight is 512 g/mol. The number of carbonyl (C=O) groups is 1. The van der Waals surface area contributed by atoms with Crippen molar-refractivity contribution in [3.63, 3.8) is 0 Å². The van der Waals surface area contributed by atoms with E-state index in [0.717, 1.165) is 7.11 Å². The SMILES string of the molecule is C#CCC(O[Si](C)(C)C(C)(C)C)c1ccc(O[C@@H]2O[C@H](C(=O)OC)[C@@H](O)[C@H](O)[C@H]2O)c([N+](=O)[O-])c1. The Kier molecular flexibility index (Phi) is 9.04. The van der Waals surface area contributed by atoms with Crippen LogP contribution in [0.3, 0.4) is 0 Å². The molecule has 1 aromatic rings. The monoisotopic (exact) mass is 511 g/mol. The van der Waals surface area contributed by atoms with Crippen LogP contribution in [0.2, 0.25) is 18.1 Å². The molecule has 35 heavy (non-hydrogen) atoms. The van der Waals surface area contributed by atoms with Crippen LogP contribution in [-0.4, -0.2) is 72.3 Å². The van der Waals surface area contributed by atoms with E-state index in [1.165, 1.54) is 12.1 Å². The quantitative estimate of drug-likeness (QED) is 0.155. The number of aliphatic hydroxyl groups excluding tert-OH is 3. The summed E-state index contributed by atoms with van der Waals surface area (Å²) in [6.45, 7) is 10.3. The highest BCUT2D eigenvalue weighted by Gasteiger charge is 2.49. The fourth-order valence-electron chi connectivity index (χ4n) is 3.23. The van der Waals surface area contributed by atoms with Crippen LogP contribution < -0.4 is 4.74 Å². The number of ether oxygens (including phenoxy) is 3. The third kappa shape index (κ3) is 6.37. The van der Waals surface area contributed by atoms with E-state index in [9.17, 15) is 30.2 Å². The predicted molar refractivity (Wildman–Crippen MR) is 127 cm³/mol. The topological polar surface area (TPSA) is 158 Å². The Morgan fingerprint density at radius 1 is 1.26 bits per heavy atom. The Hall–Kier alpha value is -2.53. The smallest absolute Gasteiger partial charge is 0.337 e. The highest BCUT2D eigenvalue weighted by atomic mass is 28.4. The second kappa shape index (κ2) is 11.0. The molecular formula is C23H33NO10Si. The van der Waals surface area contributed by atoms with Crippen LogP contribution >= 0.6 is 0 Å². The van der Waals surface area contributed by atoms with Crippen LogP contribution in [0, 0.1) is 22.5 Å². The lowest BCUT2D eigenvalue weighted by Crippen LogP contribution is -2.61. The number of hydrogen-bond acceptors (Lipinski definition) is 10. The summed E-state index contributed by atoms with van der Waals surface area (Å²) in [5.41, 5.74) is 0.00853. The summed E-state index contributed by atoms with van der Waals surface area (Å²) in [5, 5.41) is 42.1. The number of nitrogens with zero attached hydrogens (tertiary/aromatic N) is 1. The van der Waals surface area contributed by atoms with Gasteiger partial charge in [0.05, 0.1) is 18.1 Å². The number of terminal acetylenes is 1. The van der Waals surface area contributed by atoms with Gasteiger partial charge in [-0.1, -0.05) is 26.8 Å². The maximum atomic E-state index is 11.9. The van der Waals surface area contributed by atoms with Gasteiger partial charge in [0.25, 0.3) is 0 Å². The number of methoxy groups -OCH3 is 1. The van der Waals surface area contributed by atoms with Crippen molar-refractivity contribution in [2.75, 3.05) is 7.11 Å². The first kappa shape index (κ1) is 28.7. The van der Waals surface area contributed by atoms with Gasteiger partial charge in [0.1, 0.15) is 18.3 Å². The second-order valence-corrected chi connectivity index (χ2v) is 14.6. The zero-order valence-corrected chi connectivity index (χ0v) is 21.6. The molecule has 1 aromatic carbocycles. The second-order valence-electron chi connectivity index (χ2n) is 9.80. The van der Waals surface area contributed by atoms with E-state index in [1.807, 2.05) is 13.1 Å². The van der Waals surface area contributed by atoms with Gasteiger partial charge in [0, 0.05) is 12.5 Å². The zero-order chi connectivity index (χ0) is 26.7. The molecule has 11 nitrogen and oxygen atoms in total. The Morgan fingerprint density at radius 3 is 2.40 bits per heavy atom. The molecule has 1 heterocycles. The fourth-order valence-corrected chi connectivity index (χ4v) is 4.51. The van der Waals surface area contributed by atoms with Crippen LogP contribution in [-0.2, 0) is 18.7 Å². The molecule has 12 heteroatoms. The highest BCUT2D eigenvalue weighted by Crippen LogP contribution is 2.42. The minimum absolute atomic E-state index is 0.120. The maximum absolute atomic E-state index is 11.9. The molecular weight excluding hydrogens is 478 g/mol. The molecule has 0 spiro atoms.